The lowest BCUT2D eigenvalue weighted by Gasteiger charge is -2.77. The Hall–Kier alpha value is -0.0256. The molecule has 4 rings (SSSR count). The number of aliphatic hydroxyl groups excluding tert-OH is 1. The topological polar surface area (TPSA) is 77.8 Å². The minimum atomic E-state index is -2.20. The van der Waals surface area contributed by atoms with Crippen LogP contribution >= 0.6 is 0 Å². The molecule has 18 radical (unpaired) electrons. The summed E-state index contributed by atoms with van der Waals surface area (Å²) in [6, 6.07) is 0. The van der Waals surface area contributed by atoms with Crippen LogP contribution in [0.1, 0.15) is 71.6 Å². The van der Waals surface area contributed by atoms with Crippen molar-refractivity contribution in [1.29, 1.82) is 0 Å². The first kappa shape index (κ1) is 30.9. The summed E-state index contributed by atoms with van der Waals surface area (Å²) in [6.45, 7) is 4.30. The highest BCUT2D eigenvalue weighted by Gasteiger charge is 2.73. The molecule has 4 aliphatic rings. The zero-order chi connectivity index (χ0) is 28.9. The van der Waals surface area contributed by atoms with Gasteiger partial charge >= 0.3 is 0 Å². The molecule has 184 valence electrons. The Kier molecular flexibility index (Phi) is 7.52. The first-order valence-corrected chi connectivity index (χ1v) is 13.8. The minimum absolute atomic E-state index is 0.0239. The molecule has 0 aromatic rings. The number of fused-ring (bicyclic) bond motifs is 5. The molecule has 0 heterocycles. The molecule has 4 aliphatic carbocycles. The van der Waals surface area contributed by atoms with Crippen LogP contribution < -0.4 is 0 Å². The zero-order valence-electron chi connectivity index (χ0n) is 22.8. The van der Waals surface area contributed by atoms with Crippen LogP contribution in [0.15, 0.2) is 0 Å². The largest absolute Gasteiger partial charge is 0.482 e. The van der Waals surface area contributed by atoms with Gasteiger partial charge in [0.1, 0.15) is 7.85 Å². The van der Waals surface area contributed by atoms with Crippen molar-refractivity contribution in [2.75, 3.05) is 0 Å². The smallest absolute Gasteiger partial charge is 0.292 e. The number of carboxylic acid groups (broad SMARTS) is 1. The van der Waals surface area contributed by atoms with Gasteiger partial charge in [0.05, 0.1) is 45.3 Å². The van der Waals surface area contributed by atoms with Gasteiger partial charge in [-0.05, 0) is 90.6 Å². The van der Waals surface area contributed by atoms with E-state index >= 15 is 0 Å². The minimum Gasteiger partial charge on any atom is -0.482 e. The molecule has 0 aromatic carbocycles. The van der Waals surface area contributed by atoms with Crippen molar-refractivity contribution in [3.8, 4) is 0 Å². The summed E-state index contributed by atoms with van der Waals surface area (Å²) in [4.78, 5) is 11.5. The van der Waals surface area contributed by atoms with Crippen molar-refractivity contribution in [2.45, 2.75) is 104 Å². The zero-order valence-corrected chi connectivity index (χ0v) is 22.8. The first-order chi connectivity index (χ1) is 17.1. The van der Waals surface area contributed by atoms with Crippen molar-refractivity contribution < 1.29 is 20.1 Å². The molecule has 0 saturated heterocycles. The van der Waals surface area contributed by atoms with Crippen LogP contribution in [0.5, 0.6) is 0 Å². The van der Waals surface area contributed by atoms with E-state index in [1.807, 2.05) is 0 Å². The standard InChI is InChI=1S/C25H33B9O4/c1-19-9-7-15-17(14(19)4-3-12(19)5-10-21(26,27)18(36)37)23(29,38)22(28,24(30,31)25(32,33)34)16-11-13(35)6-8-20(15,16)2/h12-17,35,38H,3-11H2,1-2H3,(H,36,37)/t12-,13-,14+,15+,16-,17+,19-,20-,22?,23+/m1/s1. The van der Waals surface area contributed by atoms with Crippen LogP contribution in [0.25, 0.3) is 0 Å². The summed E-state index contributed by atoms with van der Waals surface area (Å²) in [5, 5.41) is 24.4. The highest BCUT2D eigenvalue weighted by molar-refractivity contribution is 6.68. The molecule has 4 fully saturated rings. The van der Waals surface area contributed by atoms with Crippen LogP contribution in [0, 0.1) is 40.4 Å². The number of rotatable bonds is 6. The predicted molar refractivity (Wildman–Crippen MR) is 156 cm³/mol. The van der Waals surface area contributed by atoms with Gasteiger partial charge in [-0.15, -0.1) is 10.3 Å². The summed E-state index contributed by atoms with van der Waals surface area (Å²) in [5.41, 5.74) is -2.87. The molecule has 38 heavy (non-hydrogen) atoms. The molecule has 0 amide bonds. The number of aliphatic hydroxyl groups is 2. The maximum Gasteiger partial charge on any atom is 0.292 e. The number of carboxylic acids is 1. The van der Waals surface area contributed by atoms with E-state index in [0.29, 0.717) is 19.3 Å². The number of carbonyl (C=O) groups is 1. The van der Waals surface area contributed by atoms with Gasteiger partial charge in [0.15, 0.2) is 0 Å². The van der Waals surface area contributed by atoms with Crippen LogP contribution in [0.2, 0.25) is 20.9 Å². The molecule has 10 atom stereocenters. The van der Waals surface area contributed by atoms with E-state index in [4.69, 9.17) is 70.6 Å². The quantitative estimate of drug-likeness (QED) is 0.477. The van der Waals surface area contributed by atoms with Crippen molar-refractivity contribution in [3.05, 3.63) is 0 Å². The predicted octanol–water partition coefficient (Wildman–Crippen LogP) is 0.761. The Morgan fingerprint density at radius 2 is 1.45 bits per heavy atom. The Bertz CT molecular complexity index is 956. The lowest BCUT2D eigenvalue weighted by molar-refractivity contribution is -0.215. The van der Waals surface area contributed by atoms with Gasteiger partial charge in [-0.2, -0.15) is 0 Å². The summed E-state index contributed by atoms with van der Waals surface area (Å²) >= 11 is 0. The van der Waals surface area contributed by atoms with E-state index in [9.17, 15) is 20.1 Å². The molecule has 0 bridgehead atoms. The summed E-state index contributed by atoms with van der Waals surface area (Å²) in [5.74, 6) is -2.33. The van der Waals surface area contributed by atoms with Gasteiger partial charge in [-0.1, -0.05) is 32.0 Å². The van der Waals surface area contributed by atoms with Crippen LogP contribution in [-0.2, 0) is 4.79 Å². The van der Waals surface area contributed by atoms with E-state index in [2.05, 4.69) is 13.8 Å². The second-order valence-electron chi connectivity index (χ2n) is 13.9. The molecule has 3 N–H and O–H groups in total. The first-order valence-electron chi connectivity index (χ1n) is 13.8. The van der Waals surface area contributed by atoms with Gasteiger partial charge in [-0.25, -0.2) is 0 Å². The SMILES string of the molecule is [B]C([B])(CC[C@H]1CC[C@H]2[C@H]3[C@H](CC[C@]12C)[C@@]1(C)CC[C@@H](O)C[C@H]1C([B])(C([B])([B])C([B])([B])[B])[C@@]3([B])O)C(=O)O. The summed E-state index contributed by atoms with van der Waals surface area (Å²) < 4.78 is 0. The van der Waals surface area contributed by atoms with Crippen LogP contribution in [-0.4, -0.2) is 104 Å². The van der Waals surface area contributed by atoms with Crippen molar-refractivity contribution >= 4 is 76.6 Å². The third-order valence-corrected chi connectivity index (χ3v) is 12.1. The van der Waals surface area contributed by atoms with E-state index in [0.717, 1.165) is 25.7 Å². The van der Waals surface area contributed by atoms with Gasteiger partial charge < -0.3 is 15.3 Å². The fourth-order valence-electron chi connectivity index (χ4n) is 9.59. The molecule has 0 spiro atoms. The van der Waals surface area contributed by atoms with Crippen molar-refractivity contribution in [1.82, 2.24) is 0 Å². The summed E-state index contributed by atoms with van der Waals surface area (Å²) in [7, 11) is 57.3. The van der Waals surface area contributed by atoms with Gasteiger partial charge in [0.25, 0.3) is 5.97 Å². The monoisotopic (exact) mass is 496 g/mol. The Labute approximate surface area is 240 Å². The molecule has 1 unspecified atom stereocenters. The van der Waals surface area contributed by atoms with Gasteiger partial charge in [0, 0.05) is 29.0 Å². The van der Waals surface area contributed by atoms with Gasteiger partial charge in [0.2, 0.25) is 0 Å². The summed E-state index contributed by atoms with van der Waals surface area (Å²) in [6.07, 6.45) is 4.62. The molecule has 13 heteroatoms. The maximum atomic E-state index is 12.4. The lowest BCUT2D eigenvalue weighted by Crippen LogP contribution is -2.74. The van der Waals surface area contributed by atoms with Crippen LogP contribution in [0.4, 0.5) is 0 Å². The molecular formula is C25H33B9O4. The normalized spacial score (nSPS) is 47.5. The maximum absolute atomic E-state index is 12.4. The molecule has 0 aliphatic heterocycles. The third-order valence-electron chi connectivity index (χ3n) is 12.1. The number of aliphatic carboxylic acids is 1. The van der Waals surface area contributed by atoms with Crippen molar-refractivity contribution in [2.24, 2.45) is 40.4 Å². The Morgan fingerprint density at radius 3 is 2.00 bits per heavy atom. The molecule has 0 aromatic heterocycles. The van der Waals surface area contributed by atoms with E-state index < -0.39 is 55.7 Å². The molecular weight excluding hydrogens is 462 g/mol. The van der Waals surface area contributed by atoms with E-state index in [-0.39, 0.29) is 36.0 Å². The van der Waals surface area contributed by atoms with E-state index in [1.54, 1.807) is 0 Å². The Morgan fingerprint density at radius 1 is 0.895 bits per heavy atom. The fraction of sp³-hybridized carbons (Fsp3) is 0.960. The fourth-order valence-corrected chi connectivity index (χ4v) is 9.59. The number of hydrogen-bond acceptors (Lipinski definition) is 3. The third kappa shape index (κ3) is 4.07. The average molecular weight is 495 g/mol. The number of hydrogen-bond donors (Lipinski definition) is 3. The van der Waals surface area contributed by atoms with E-state index in [1.165, 1.54) is 0 Å². The molecule has 4 saturated carbocycles. The second-order valence-corrected chi connectivity index (χ2v) is 13.9. The highest BCUT2D eigenvalue weighted by Crippen LogP contribution is 2.80. The van der Waals surface area contributed by atoms with Crippen LogP contribution in [0.3, 0.4) is 0 Å². The molecule has 4 nitrogen and oxygen atoms in total. The van der Waals surface area contributed by atoms with Gasteiger partial charge in [-0.3, -0.25) is 4.79 Å². The second kappa shape index (κ2) is 9.24. The lowest BCUT2D eigenvalue weighted by atomic mass is 9.10. The highest BCUT2D eigenvalue weighted by atomic mass is 16.4. The van der Waals surface area contributed by atoms with Crippen molar-refractivity contribution in [3.63, 3.8) is 0 Å². The Balaban J connectivity index is 1.80. The average Bonchev–Trinajstić information content (AvgIpc) is 3.12.